The number of rotatable bonds is 6. The van der Waals surface area contributed by atoms with Gasteiger partial charge < -0.3 is 0 Å². The van der Waals surface area contributed by atoms with Crippen molar-refractivity contribution in [2.75, 3.05) is 0 Å². The molecule has 0 aromatic carbocycles. The molecule has 0 aliphatic rings. The molecule has 0 rings (SSSR count). The van der Waals surface area contributed by atoms with Crippen LogP contribution in [0.2, 0.25) is 0 Å². The Hall–Kier alpha value is 1.23. The molecule has 0 saturated carbocycles. The molecule has 132 valence electrons. The minimum absolute atomic E-state index is 0. The summed E-state index contributed by atoms with van der Waals surface area (Å²) in [5, 5.41) is 0. The Kier molecular flexibility index (Phi) is 28.6. The zero-order chi connectivity index (χ0) is 17.6. The largest absolute Gasteiger partial charge is 0.0588 e. The van der Waals surface area contributed by atoms with Crippen molar-refractivity contribution in [3.63, 3.8) is 0 Å². The monoisotopic (exact) mass is 460 g/mol. The second kappa shape index (κ2) is 20.3. The molecule has 0 atom stereocenters. The van der Waals surface area contributed by atoms with Crippen molar-refractivity contribution in [2.45, 2.75) is 41.5 Å². The third kappa shape index (κ3) is 49.6. The summed E-state index contributed by atoms with van der Waals surface area (Å²) in [6, 6.07) is 0. The summed E-state index contributed by atoms with van der Waals surface area (Å²) in [5.74, 6) is 6.38. The van der Waals surface area contributed by atoms with Gasteiger partial charge in [-0.1, -0.05) is 41.5 Å². The molecule has 0 fully saturated rings. The van der Waals surface area contributed by atoms with Gasteiger partial charge in [-0.15, -0.1) is 0 Å². The molecule has 0 amide bonds. The van der Waals surface area contributed by atoms with Gasteiger partial charge in [0, 0.05) is 36.9 Å². The van der Waals surface area contributed by atoms with Crippen LogP contribution in [-0.2, 0) is 0 Å². The van der Waals surface area contributed by atoms with Crippen LogP contribution >= 0.6 is 0 Å². The Labute approximate surface area is 173 Å². The molecule has 0 aliphatic heterocycles. The van der Waals surface area contributed by atoms with Gasteiger partial charge >= 0.3 is 0 Å². The molecular formula is C21H33Lu. The second-order valence-corrected chi connectivity index (χ2v) is 5.51. The number of hydrogen-bond donors (Lipinski definition) is 0. The van der Waals surface area contributed by atoms with E-state index in [4.69, 9.17) is 0 Å². The quantitative estimate of drug-likeness (QED) is 0.447. The van der Waals surface area contributed by atoms with Gasteiger partial charge in [-0.3, -0.25) is 0 Å². The van der Waals surface area contributed by atoms with Gasteiger partial charge in [-0.05, 0) is 96.3 Å². The maximum Gasteiger partial charge on any atom is 0 e. The van der Waals surface area contributed by atoms with Gasteiger partial charge in [-0.2, -0.15) is 0 Å². The first-order chi connectivity index (χ1) is 9.38. The molecule has 0 unspecified atom stereocenters. The summed E-state index contributed by atoms with van der Waals surface area (Å²) < 4.78 is 0. The predicted octanol–water partition coefficient (Wildman–Crippen LogP) is 6.14. The summed E-state index contributed by atoms with van der Waals surface area (Å²) in [4.78, 5) is 0. The van der Waals surface area contributed by atoms with Crippen molar-refractivity contribution in [2.24, 2.45) is 0 Å². The Bertz CT molecular complexity index is 127. The third-order valence-corrected chi connectivity index (χ3v) is 1.48. The SMILES string of the molecule is [CH2][C](C)[CH][C]([CH2])C.[CH2][C](C)[CH][C]([CH2])C.[CH2][C](C)[CH][C]([CH2])C.[Lu]. The zero-order valence-electron chi connectivity index (χ0n) is 15.2. The van der Waals surface area contributed by atoms with Crippen LogP contribution in [0.1, 0.15) is 41.5 Å². The molecule has 0 aromatic heterocycles. The van der Waals surface area contributed by atoms with E-state index in [0.717, 1.165) is 35.5 Å². The fraction of sp³-hybridized carbons (Fsp3) is 0.286. The maximum absolute atomic E-state index is 3.68. The maximum atomic E-state index is 3.68. The van der Waals surface area contributed by atoms with Crippen LogP contribution in [0.5, 0.6) is 0 Å². The van der Waals surface area contributed by atoms with Gasteiger partial charge in [0.25, 0.3) is 0 Å². The van der Waals surface area contributed by atoms with Crippen LogP contribution in [0, 0.1) is 133 Å². The molecule has 22 heavy (non-hydrogen) atoms. The summed E-state index contributed by atoms with van der Waals surface area (Å²) in [6.45, 7) is 33.8. The van der Waals surface area contributed by atoms with Crippen LogP contribution in [-0.4, -0.2) is 0 Å². The molecule has 0 heterocycles. The molecule has 16 radical (unpaired) electrons. The summed E-state index contributed by atoms with van der Waals surface area (Å²) in [6.07, 6.45) is 5.83. The van der Waals surface area contributed by atoms with Gasteiger partial charge in [-0.25, -0.2) is 0 Å². The Morgan fingerprint density at radius 1 is 0.409 bits per heavy atom. The summed E-state index contributed by atoms with van der Waals surface area (Å²) >= 11 is 0. The first kappa shape index (κ1) is 31.0. The van der Waals surface area contributed by atoms with Gasteiger partial charge in [0.15, 0.2) is 0 Å². The molecule has 1 heteroatoms. The van der Waals surface area contributed by atoms with E-state index in [1.165, 1.54) is 0 Å². The average molecular weight is 460 g/mol. The summed E-state index contributed by atoms with van der Waals surface area (Å²) in [7, 11) is 0. The minimum atomic E-state index is 0. The Morgan fingerprint density at radius 3 is 0.500 bits per heavy atom. The van der Waals surface area contributed by atoms with Crippen LogP contribution in [0.25, 0.3) is 0 Å². The van der Waals surface area contributed by atoms with Crippen molar-refractivity contribution in [1.29, 1.82) is 0 Å². The van der Waals surface area contributed by atoms with Gasteiger partial charge in [0.05, 0.1) is 0 Å². The fourth-order valence-electron chi connectivity index (χ4n) is 1.26. The third-order valence-electron chi connectivity index (χ3n) is 1.48. The van der Waals surface area contributed by atoms with Crippen molar-refractivity contribution in [3.8, 4) is 0 Å². The predicted molar refractivity (Wildman–Crippen MR) is 98.5 cm³/mol. The normalized spacial score (nSPS) is 10.6. The molecule has 0 spiro atoms. The van der Waals surface area contributed by atoms with E-state index < -0.39 is 0 Å². The van der Waals surface area contributed by atoms with Crippen LogP contribution in [0.15, 0.2) is 0 Å². The smallest absolute Gasteiger partial charge is 0 e. The molecule has 0 saturated heterocycles. The van der Waals surface area contributed by atoms with Crippen LogP contribution < -0.4 is 0 Å². The van der Waals surface area contributed by atoms with E-state index in [1.807, 2.05) is 60.8 Å². The van der Waals surface area contributed by atoms with Crippen molar-refractivity contribution < 1.29 is 36.9 Å². The molecule has 0 aromatic rings. The topological polar surface area (TPSA) is 0 Å². The van der Waals surface area contributed by atoms with E-state index in [-0.39, 0.29) is 36.9 Å². The Balaban J connectivity index is -0.000000108. The molecule has 0 nitrogen and oxygen atoms in total. The zero-order valence-corrected chi connectivity index (χ0v) is 16.9. The molecular weight excluding hydrogens is 427 g/mol. The van der Waals surface area contributed by atoms with Crippen LogP contribution in [0.3, 0.4) is 0 Å². The number of hydrogen-bond acceptors (Lipinski definition) is 0. The van der Waals surface area contributed by atoms with Crippen molar-refractivity contribution in [3.05, 3.63) is 96.3 Å². The first-order valence-corrected chi connectivity index (χ1v) is 6.85. The fourth-order valence-corrected chi connectivity index (χ4v) is 1.26. The molecule has 0 bridgehead atoms. The first-order valence-electron chi connectivity index (χ1n) is 6.85. The van der Waals surface area contributed by atoms with E-state index >= 15 is 0 Å². The average Bonchev–Trinajstić information content (AvgIpc) is 2.10. The van der Waals surface area contributed by atoms with E-state index in [9.17, 15) is 0 Å². The summed E-state index contributed by atoms with van der Waals surface area (Å²) in [5.41, 5.74) is 0. The van der Waals surface area contributed by atoms with E-state index in [1.54, 1.807) is 0 Å². The van der Waals surface area contributed by atoms with Crippen LogP contribution in [0.4, 0.5) is 0 Å². The standard InChI is InChI=1S/3C7H11.Lu/c3*1-6(2)5-7(3)4;/h3*5H,1,3H2,2,4H3;. The molecule has 0 aliphatic carbocycles. The van der Waals surface area contributed by atoms with Gasteiger partial charge in [0.1, 0.15) is 0 Å². The van der Waals surface area contributed by atoms with E-state index in [0.29, 0.717) is 0 Å². The van der Waals surface area contributed by atoms with Gasteiger partial charge in [0.2, 0.25) is 0 Å². The Morgan fingerprint density at radius 2 is 0.500 bits per heavy atom. The minimum Gasteiger partial charge on any atom is -0.0588 e. The van der Waals surface area contributed by atoms with E-state index in [2.05, 4.69) is 41.5 Å². The second-order valence-electron chi connectivity index (χ2n) is 5.51. The molecule has 0 N–H and O–H groups in total. The van der Waals surface area contributed by atoms with Crippen molar-refractivity contribution >= 4 is 0 Å². The van der Waals surface area contributed by atoms with Crippen molar-refractivity contribution in [1.82, 2.24) is 0 Å².